The van der Waals surface area contributed by atoms with E-state index in [1.807, 2.05) is 0 Å². The molecule has 3 fully saturated rings. The van der Waals surface area contributed by atoms with Crippen molar-refractivity contribution in [1.82, 2.24) is 5.32 Å². The Bertz CT molecular complexity index is 2510. The van der Waals surface area contributed by atoms with E-state index < -0.39 is 128 Å². The average molecular weight is 1040 g/mol. The molecule has 2 bridgehead atoms. The van der Waals surface area contributed by atoms with Crippen LogP contribution >= 0.6 is 0 Å². The van der Waals surface area contributed by atoms with E-state index >= 15 is 4.79 Å². The van der Waals surface area contributed by atoms with Crippen molar-refractivity contribution in [1.29, 1.82) is 0 Å². The van der Waals surface area contributed by atoms with Crippen molar-refractivity contribution >= 4 is 38.1 Å². The Hall–Kier alpha value is -5.27. The van der Waals surface area contributed by atoms with E-state index in [2.05, 4.69) is 26.1 Å². The molecule has 1 saturated heterocycles. The molecule has 0 aromatic heterocycles. The fourth-order valence-corrected chi connectivity index (χ4v) is 15.4. The Kier molecular flexibility index (Phi) is 17.2. The minimum absolute atomic E-state index is 0.142. The Labute approximate surface area is 435 Å². The number of carbonyl (C=O) groups excluding carboxylic acids is 5. The molecule has 7 rings (SSSR count). The topological polar surface area (TPSA) is 212 Å². The van der Waals surface area contributed by atoms with Crippen molar-refractivity contribution < 1.29 is 71.8 Å². The summed E-state index contributed by atoms with van der Waals surface area (Å²) in [5, 5.41) is 31.0. The Balaban J connectivity index is 1.47. The molecule has 3 aliphatic carbocycles. The van der Waals surface area contributed by atoms with Gasteiger partial charge < -0.3 is 53.1 Å². The highest BCUT2D eigenvalue weighted by molar-refractivity contribution is 6.73. The van der Waals surface area contributed by atoms with E-state index in [4.69, 9.17) is 37.6 Å². The van der Waals surface area contributed by atoms with Crippen LogP contribution < -0.4 is 5.32 Å². The van der Waals surface area contributed by atoms with Gasteiger partial charge in [-0.15, -0.1) is 0 Å². The summed E-state index contributed by atoms with van der Waals surface area (Å²) in [7, 11) is -2.61. The summed E-state index contributed by atoms with van der Waals surface area (Å²) < 4.78 is 52.1. The number of rotatable bonds is 19. The number of esters is 4. The molecule has 402 valence electrons. The maximum absolute atomic E-state index is 15.4. The number of hydrogen-bond donors (Lipinski definition) is 3. The zero-order chi connectivity index (χ0) is 54.0. The summed E-state index contributed by atoms with van der Waals surface area (Å²) in [5.41, 5.74) is -5.65. The van der Waals surface area contributed by atoms with Gasteiger partial charge in [-0.25, -0.2) is 9.59 Å². The van der Waals surface area contributed by atoms with Gasteiger partial charge in [0.1, 0.15) is 30.0 Å². The minimum atomic E-state index is -2.61. The summed E-state index contributed by atoms with van der Waals surface area (Å²) in [5.74, 6) is -5.07. The fourth-order valence-electron chi connectivity index (χ4n) is 12.5. The molecule has 74 heavy (non-hydrogen) atoms. The Morgan fingerprint density at radius 1 is 0.811 bits per heavy atom. The van der Waals surface area contributed by atoms with Gasteiger partial charge in [-0.05, 0) is 79.9 Å². The summed E-state index contributed by atoms with van der Waals surface area (Å²) in [6.45, 7) is 19.0. The molecule has 1 amide bonds. The molecule has 4 aliphatic rings. The summed E-state index contributed by atoms with van der Waals surface area (Å²) >= 11 is 0. The number of aliphatic hydroxyl groups excluding tert-OH is 1. The van der Waals surface area contributed by atoms with Crippen LogP contribution in [0, 0.1) is 16.7 Å². The molecule has 3 N–H and O–H groups in total. The highest BCUT2D eigenvalue weighted by Gasteiger charge is 2.78. The van der Waals surface area contributed by atoms with Crippen molar-refractivity contribution in [3.05, 3.63) is 119 Å². The smallest absolute Gasteiger partial charge is 0.338 e. The first-order chi connectivity index (χ1) is 35.1. The normalized spacial score (nSPS) is 30.3. The highest BCUT2D eigenvalue weighted by atomic mass is 28.4. The SMILES string of the molecule is CCOC(C)O[C@@H](C(=O)O[C@H]1C[C@@]2(O)[C@@H](OC(=O)c3ccccc3)[C@@H]3[C@]4(OC(C)=O)CO[C@@H]4C[C@H](O[Si](CC)(CC)CC)[C@@]3(C)[C@@H](O)[C@H](OC(C)=O)C(=C1C)C2(C)C)[C@@H](NC(=O)c1ccccc1)c1ccccc1. The van der Waals surface area contributed by atoms with Crippen molar-refractivity contribution in [3.8, 4) is 0 Å². The quantitative estimate of drug-likeness (QED) is 0.0342. The molecule has 17 heteroatoms. The van der Waals surface area contributed by atoms with Crippen LogP contribution in [0.5, 0.6) is 0 Å². The third kappa shape index (κ3) is 10.4. The van der Waals surface area contributed by atoms with E-state index in [9.17, 15) is 29.4 Å². The lowest BCUT2D eigenvalue weighted by atomic mass is 9.44. The van der Waals surface area contributed by atoms with Crippen molar-refractivity contribution in [2.24, 2.45) is 16.7 Å². The first kappa shape index (κ1) is 56.5. The molecule has 1 aliphatic heterocycles. The standard InChI is InChI=1S/C57H75NO15Si/c1-12-66-37(8)69-47(45(38-25-19-16-20-26-38)58-51(62)39-27-21-17-22-28-39)53(64)70-41-32-57(65)50(71-52(63)40-29-23-18-24-30-40)48-55(11,49(61)46(68-35(6)59)44(34(41)5)54(57,9)10)42(73-74(13-2,14-3)15-4)31-43-56(48,33-67-43)72-36(7)60/h16-30,37,41-43,45-50,61,65H,12-15,31-33H2,1-11H3,(H,58,62)/t37?,41-,42-,43+,45-,46+,47+,48-,49-,50-,55+,56-,57+/m0/s1. The molecule has 2 saturated carbocycles. The predicted molar refractivity (Wildman–Crippen MR) is 275 cm³/mol. The van der Waals surface area contributed by atoms with Crippen LogP contribution in [0.2, 0.25) is 18.1 Å². The number of fused-ring (bicyclic) bond motifs is 5. The lowest BCUT2D eigenvalue weighted by molar-refractivity contribution is -0.363. The number of amides is 1. The van der Waals surface area contributed by atoms with Crippen LogP contribution in [-0.4, -0.2) is 122 Å². The molecule has 3 aromatic rings. The lowest BCUT2D eigenvalue weighted by Gasteiger charge is -2.70. The minimum Gasteiger partial charge on any atom is -0.456 e. The van der Waals surface area contributed by atoms with Crippen LogP contribution in [0.25, 0.3) is 0 Å². The number of hydrogen-bond acceptors (Lipinski definition) is 15. The molecule has 1 unspecified atom stereocenters. The van der Waals surface area contributed by atoms with Gasteiger partial charge in [0, 0.05) is 49.7 Å². The van der Waals surface area contributed by atoms with Gasteiger partial charge in [0.15, 0.2) is 32.4 Å². The van der Waals surface area contributed by atoms with Crippen LogP contribution in [0.15, 0.2) is 102 Å². The fraction of sp³-hybridized carbons (Fsp3) is 0.561. The van der Waals surface area contributed by atoms with E-state index in [1.165, 1.54) is 13.8 Å². The zero-order valence-electron chi connectivity index (χ0n) is 44.6. The number of ether oxygens (including phenoxy) is 7. The van der Waals surface area contributed by atoms with E-state index in [-0.39, 0.29) is 30.8 Å². The van der Waals surface area contributed by atoms with E-state index in [0.29, 0.717) is 16.7 Å². The second-order valence-corrected chi connectivity index (χ2v) is 25.8. The monoisotopic (exact) mass is 1040 g/mol. The molecule has 0 radical (unpaired) electrons. The van der Waals surface area contributed by atoms with Crippen LogP contribution in [0.1, 0.15) is 121 Å². The van der Waals surface area contributed by atoms with Gasteiger partial charge in [-0.1, -0.05) is 108 Å². The zero-order valence-corrected chi connectivity index (χ0v) is 45.6. The number of nitrogens with one attached hydrogen (secondary N) is 1. The van der Waals surface area contributed by atoms with Gasteiger partial charge in [-0.3, -0.25) is 14.4 Å². The predicted octanol–water partition coefficient (Wildman–Crippen LogP) is 7.96. The van der Waals surface area contributed by atoms with Crippen molar-refractivity contribution in [3.63, 3.8) is 0 Å². The molecule has 3 aromatic carbocycles. The largest absolute Gasteiger partial charge is 0.456 e. The lowest BCUT2D eigenvalue weighted by Crippen LogP contribution is -2.83. The van der Waals surface area contributed by atoms with Gasteiger partial charge in [0.25, 0.3) is 5.91 Å². The first-order valence-corrected chi connectivity index (χ1v) is 28.5. The number of aliphatic hydroxyl groups is 2. The van der Waals surface area contributed by atoms with Gasteiger partial charge in [0.05, 0.1) is 30.2 Å². The maximum atomic E-state index is 15.4. The summed E-state index contributed by atoms with van der Waals surface area (Å²) in [6, 6.07) is 26.5. The van der Waals surface area contributed by atoms with Crippen LogP contribution in [0.3, 0.4) is 0 Å². The maximum Gasteiger partial charge on any atom is 0.338 e. The highest BCUT2D eigenvalue weighted by Crippen LogP contribution is 2.66. The molecule has 1 heterocycles. The van der Waals surface area contributed by atoms with Crippen molar-refractivity contribution in [2.75, 3.05) is 13.2 Å². The average Bonchev–Trinajstić information content (AvgIpc) is 3.37. The summed E-state index contributed by atoms with van der Waals surface area (Å²) in [4.78, 5) is 71.4. The Morgan fingerprint density at radius 3 is 1.92 bits per heavy atom. The van der Waals surface area contributed by atoms with Crippen LogP contribution in [0.4, 0.5) is 0 Å². The van der Waals surface area contributed by atoms with Gasteiger partial charge in [-0.2, -0.15) is 0 Å². The number of carbonyl (C=O) groups is 5. The van der Waals surface area contributed by atoms with Gasteiger partial charge in [0.2, 0.25) is 0 Å². The molecule has 0 spiro atoms. The van der Waals surface area contributed by atoms with Gasteiger partial charge >= 0.3 is 23.9 Å². The Morgan fingerprint density at radius 2 is 1.39 bits per heavy atom. The number of benzene rings is 3. The molecule has 16 nitrogen and oxygen atoms in total. The molecular formula is C57H75NO15Si. The second kappa shape index (κ2) is 22.5. The molecule has 13 atom stereocenters. The third-order valence-electron chi connectivity index (χ3n) is 16.7. The molecular weight excluding hydrogens is 967 g/mol. The first-order valence-electron chi connectivity index (χ1n) is 26.0. The second-order valence-electron chi connectivity index (χ2n) is 21.0. The van der Waals surface area contributed by atoms with E-state index in [1.54, 1.807) is 133 Å². The third-order valence-corrected chi connectivity index (χ3v) is 21.4. The van der Waals surface area contributed by atoms with E-state index in [0.717, 1.165) is 18.1 Å². The van der Waals surface area contributed by atoms with Crippen LogP contribution in [-0.2, 0) is 52.0 Å². The summed E-state index contributed by atoms with van der Waals surface area (Å²) in [6.07, 6.45) is -10.9. The van der Waals surface area contributed by atoms with Crippen molar-refractivity contribution in [2.45, 2.75) is 173 Å².